The summed E-state index contributed by atoms with van der Waals surface area (Å²) in [4.78, 5) is 3.74. The van der Waals surface area contributed by atoms with Crippen LogP contribution in [0.25, 0.3) is 0 Å². The summed E-state index contributed by atoms with van der Waals surface area (Å²) in [5.41, 5.74) is 5.67. The number of halogens is 5. The van der Waals surface area contributed by atoms with E-state index in [1.807, 2.05) is 22.6 Å². The average Bonchev–Trinajstić information content (AvgIpc) is 2.40. The first kappa shape index (κ1) is 15.5. The third kappa shape index (κ3) is 3.24. The van der Waals surface area contributed by atoms with Crippen LogP contribution >= 0.6 is 34.2 Å². The number of nitrogens with two attached hydrogens (primary N) is 1. The lowest BCUT2D eigenvalue weighted by atomic mass is 9.97. The van der Waals surface area contributed by atoms with Gasteiger partial charge in [0.15, 0.2) is 0 Å². The van der Waals surface area contributed by atoms with Crippen LogP contribution in [0.5, 0.6) is 0 Å². The largest absolute Gasteiger partial charge is 0.416 e. The van der Waals surface area contributed by atoms with Crippen LogP contribution in [0.1, 0.15) is 22.7 Å². The van der Waals surface area contributed by atoms with Gasteiger partial charge in [-0.1, -0.05) is 11.6 Å². The number of rotatable bonds is 2. The number of pyridine rings is 1. The second-order valence-corrected chi connectivity index (χ2v) is 5.70. The molecule has 0 fully saturated rings. The summed E-state index contributed by atoms with van der Waals surface area (Å²) in [6.07, 6.45) is -2.23. The van der Waals surface area contributed by atoms with Gasteiger partial charge >= 0.3 is 6.18 Å². The molecule has 0 bridgehead atoms. The molecular weight excluding hydrogens is 404 g/mol. The minimum absolute atomic E-state index is 0.0693. The normalized spacial score (nSPS) is 13.3. The first-order valence-corrected chi connectivity index (χ1v) is 6.98. The van der Waals surface area contributed by atoms with Gasteiger partial charge in [-0.3, -0.25) is 4.98 Å². The number of alkyl halides is 3. The number of nitrogens with zero attached hydrogens (tertiary/aromatic N) is 1. The van der Waals surface area contributed by atoms with Gasteiger partial charge in [0.25, 0.3) is 0 Å². The summed E-state index contributed by atoms with van der Waals surface area (Å²) >= 11 is 7.89. The molecule has 0 spiro atoms. The Balaban J connectivity index is 2.54. The molecule has 0 aliphatic heterocycles. The molecule has 0 amide bonds. The van der Waals surface area contributed by atoms with E-state index >= 15 is 0 Å². The molecular formula is C13H9ClF3IN2. The van der Waals surface area contributed by atoms with Crippen LogP contribution in [0, 0.1) is 3.57 Å². The van der Waals surface area contributed by atoms with Crippen LogP contribution in [0.4, 0.5) is 13.2 Å². The maximum Gasteiger partial charge on any atom is 0.416 e. The third-order valence-electron chi connectivity index (χ3n) is 2.79. The third-order valence-corrected chi connectivity index (χ3v) is 4.00. The quantitative estimate of drug-likeness (QED) is 0.742. The number of benzene rings is 1. The van der Waals surface area contributed by atoms with Crippen molar-refractivity contribution in [2.75, 3.05) is 0 Å². The maximum atomic E-state index is 13.0. The summed E-state index contributed by atoms with van der Waals surface area (Å²) in [6.45, 7) is 0. The highest BCUT2D eigenvalue weighted by Crippen LogP contribution is 2.36. The van der Waals surface area contributed by atoms with Crippen molar-refractivity contribution in [1.29, 1.82) is 0 Å². The maximum absolute atomic E-state index is 13.0. The minimum Gasteiger partial charge on any atom is -0.320 e. The lowest BCUT2D eigenvalue weighted by Crippen LogP contribution is -2.19. The summed E-state index contributed by atoms with van der Waals surface area (Å²) < 4.78 is 39.7. The number of hydrogen-bond donors (Lipinski definition) is 1. The number of aromatic nitrogens is 1. The van der Waals surface area contributed by atoms with Crippen molar-refractivity contribution >= 4 is 34.2 Å². The molecule has 1 unspecified atom stereocenters. The molecule has 2 nitrogen and oxygen atoms in total. The van der Waals surface area contributed by atoms with E-state index in [1.54, 1.807) is 18.2 Å². The van der Waals surface area contributed by atoms with E-state index in [2.05, 4.69) is 4.98 Å². The summed E-state index contributed by atoms with van der Waals surface area (Å²) in [7, 11) is 0. The van der Waals surface area contributed by atoms with Crippen LogP contribution < -0.4 is 5.73 Å². The van der Waals surface area contributed by atoms with Crippen LogP contribution in [-0.4, -0.2) is 4.98 Å². The Morgan fingerprint density at radius 1 is 1.20 bits per heavy atom. The Labute approximate surface area is 132 Å². The summed E-state index contributed by atoms with van der Waals surface area (Å²) in [5.74, 6) is 0. The van der Waals surface area contributed by atoms with Gasteiger partial charge in [-0.25, -0.2) is 0 Å². The van der Waals surface area contributed by atoms with Crippen molar-refractivity contribution < 1.29 is 13.2 Å². The van der Waals surface area contributed by atoms with E-state index in [1.165, 1.54) is 0 Å². The highest BCUT2D eigenvalue weighted by Gasteiger charge is 2.35. The standard InChI is InChI=1S/C13H9ClF3IN2/c14-7-1-2-11(18)8(5-7)12(19)9-6-20-4-3-10(9)13(15,16)17/h1-6,12H,19H2. The first-order valence-electron chi connectivity index (χ1n) is 5.52. The van der Waals surface area contributed by atoms with Crippen LogP contribution in [-0.2, 0) is 6.18 Å². The second kappa shape index (κ2) is 5.87. The van der Waals surface area contributed by atoms with Crippen molar-refractivity contribution in [3.63, 3.8) is 0 Å². The van der Waals surface area contributed by atoms with E-state index in [0.717, 1.165) is 22.0 Å². The molecule has 0 saturated heterocycles. The lowest BCUT2D eigenvalue weighted by molar-refractivity contribution is -0.138. The first-order chi connectivity index (χ1) is 9.30. The summed E-state index contributed by atoms with van der Waals surface area (Å²) in [5, 5.41) is 0.424. The monoisotopic (exact) mass is 412 g/mol. The topological polar surface area (TPSA) is 38.9 Å². The fraction of sp³-hybridized carbons (Fsp3) is 0.154. The molecule has 7 heteroatoms. The van der Waals surface area contributed by atoms with Crippen molar-refractivity contribution in [2.24, 2.45) is 5.73 Å². The minimum atomic E-state index is -4.47. The molecule has 1 heterocycles. The molecule has 1 aromatic carbocycles. The van der Waals surface area contributed by atoms with E-state index in [9.17, 15) is 13.2 Å². The molecule has 0 aliphatic rings. The highest BCUT2D eigenvalue weighted by atomic mass is 127. The van der Waals surface area contributed by atoms with Gasteiger partial charge in [0.2, 0.25) is 0 Å². The fourth-order valence-electron chi connectivity index (χ4n) is 1.83. The van der Waals surface area contributed by atoms with Crippen LogP contribution in [0.15, 0.2) is 36.7 Å². The van der Waals surface area contributed by atoms with E-state index in [4.69, 9.17) is 17.3 Å². The van der Waals surface area contributed by atoms with Gasteiger partial charge < -0.3 is 5.73 Å². The van der Waals surface area contributed by atoms with Crippen LogP contribution in [0.3, 0.4) is 0 Å². The summed E-state index contributed by atoms with van der Waals surface area (Å²) in [6, 6.07) is 4.93. The SMILES string of the molecule is NC(c1cc(Cl)ccc1I)c1cnccc1C(F)(F)F. The molecule has 0 radical (unpaired) electrons. The molecule has 20 heavy (non-hydrogen) atoms. The Morgan fingerprint density at radius 2 is 1.90 bits per heavy atom. The molecule has 0 saturated carbocycles. The van der Waals surface area contributed by atoms with Crippen molar-refractivity contribution in [2.45, 2.75) is 12.2 Å². The van der Waals surface area contributed by atoms with E-state index in [0.29, 0.717) is 10.6 Å². The zero-order valence-electron chi connectivity index (χ0n) is 9.96. The van der Waals surface area contributed by atoms with Gasteiger partial charge in [-0.05, 0) is 52.4 Å². The van der Waals surface area contributed by atoms with Gasteiger partial charge in [0, 0.05) is 26.5 Å². The number of hydrogen-bond acceptors (Lipinski definition) is 2. The molecule has 2 aromatic rings. The molecule has 2 rings (SSSR count). The molecule has 106 valence electrons. The van der Waals surface area contributed by atoms with Gasteiger partial charge in [-0.2, -0.15) is 13.2 Å². The lowest BCUT2D eigenvalue weighted by Gasteiger charge is -2.19. The molecule has 1 atom stereocenters. The Kier molecular flexibility index (Phi) is 4.55. The van der Waals surface area contributed by atoms with Gasteiger partial charge in [0.05, 0.1) is 11.6 Å². The van der Waals surface area contributed by atoms with Gasteiger partial charge in [-0.15, -0.1) is 0 Å². The van der Waals surface area contributed by atoms with Crippen molar-refractivity contribution in [3.05, 3.63) is 61.9 Å². The predicted molar refractivity (Wildman–Crippen MR) is 79.4 cm³/mol. The Bertz CT molecular complexity index is 631. The average molecular weight is 413 g/mol. The van der Waals surface area contributed by atoms with E-state index < -0.39 is 17.8 Å². The van der Waals surface area contributed by atoms with Gasteiger partial charge in [0.1, 0.15) is 0 Å². The molecule has 0 aliphatic carbocycles. The second-order valence-electron chi connectivity index (χ2n) is 4.10. The molecule has 1 aromatic heterocycles. The van der Waals surface area contributed by atoms with E-state index in [-0.39, 0.29) is 5.56 Å². The van der Waals surface area contributed by atoms with Crippen molar-refractivity contribution in [1.82, 2.24) is 4.98 Å². The fourth-order valence-corrected chi connectivity index (χ4v) is 2.68. The Hall–Kier alpha value is -0.860. The zero-order valence-corrected chi connectivity index (χ0v) is 12.9. The zero-order chi connectivity index (χ0) is 14.9. The highest BCUT2D eigenvalue weighted by molar-refractivity contribution is 14.1. The molecule has 2 N–H and O–H groups in total. The Morgan fingerprint density at radius 3 is 2.55 bits per heavy atom. The smallest absolute Gasteiger partial charge is 0.320 e. The van der Waals surface area contributed by atoms with Crippen molar-refractivity contribution in [3.8, 4) is 0 Å². The van der Waals surface area contributed by atoms with Crippen LogP contribution in [0.2, 0.25) is 5.02 Å². The predicted octanol–water partition coefficient (Wildman–Crippen LogP) is 4.41.